The lowest BCUT2D eigenvalue weighted by Crippen LogP contribution is -2.45. The van der Waals surface area contributed by atoms with Gasteiger partial charge in [0.25, 0.3) is 0 Å². The summed E-state index contributed by atoms with van der Waals surface area (Å²) in [6.07, 6.45) is 2.36. The summed E-state index contributed by atoms with van der Waals surface area (Å²) in [6, 6.07) is 14.3. The van der Waals surface area contributed by atoms with Crippen LogP contribution in [-0.4, -0.2) is 53.4 Å². The van der Waals surface area contributed by atoms with Gasteiger partial charge in [-0.05, 0) is 51.1 Å². The molecule has 1 aliphatic heterocycles. The van der Waals surface area contributed by atoms with Crippen LogP contribution in [0.1, 0.15) is 18.4 Å². The van der Waals surface area contributed by atoms with E-state index in [0.717, 1.165) is 52.9 Å². The van der Waals surface area contributed by atoms with E-state index in [2.05, 4.69) is 46.2 Å². The summed E-state index contributed by atoms with van der Waals surface area (Å²) < 4.78 is 0. The fourth-order valence-electron chi connectivity index (χ4n) is 4.02. The Balaban J connectivity index is 1.81. The topological polar surface area (TPSA) is 52.5 Å². The van der Waals surface area contributed by atoms with Crippen LogP contribution in [0.15, 0.2) is 42.5 Å². The molecule has 0 saturated carbocycles. The summed E-state index contributed by atoms with van der Waals surface area (Å²) in [4.78, 5) is 4.64. The Morgan fingerprint density at radius 3 is 2.63 bits per heavy atom. The highest BCUT2D eigenvalue weighted by molar-refractivity contribution is 6.01. The summed E-state index contributed by atoms with van der Waals surface area (Å²) in [6.45, 7) is 4.15. The number of phenolic OH excluding ortho intramolecular Hbond substituents is 1. The van der Waals surface area contributed by atoms with E-state index in [9.17, 15) is 5.11 Å². The average Bonchev–Trinajstić information content (AvgIpc) is 2.67. The standard InChI is InChI=1S/C22H26N4O/c1-15-10-11-19(20(27)13-15)21-17-8-4-5-9-18(17)22(24-23-21)26(3)16-7-6-12-25(2)14-16/h4-5,8-11,13,16,27H,6-7,12,14H2,1-3H3/t16-/m1/s1. The molecule has 1 saturated heterocycles. The van der Waals surface area contributed by atoms with E-state index in [1.807, 2.05) is 31.2 Å². The van der Waals surface area contributed by atoms with Crippen LogP contribution < -0.4 is 4.90 Å². The first-order chi connectivity index (χ1) is 13.0. The quantitative estimate of drug-likeness (QED) is 0.767. The molecule has 1 N–H and O–H groups in total. The second kappa shape index (κ2) is 7.16. The van der Waals surface area contributed by atoms with Crippen LogP contribution in [0.25, 0.3) is 22.0 Å². The first-order valence-electron chi connectivity index (χ1n) is 9.51. The molecule has 4 rings (SSSR count). The smallest absolute Gasteiger partial charge is 0.159 e. The second-order valence-electron chi connectivity index (χ2n) is 7.61. The number of benzene rings is 2. The van der Waals surface area contributed by atoms with Crippen LogP contribution in [0.2, 0.25) is 0 Å². The highest BCUT2D eigenvalue weighted by atomic mass is 16.3. The minimum absolute atomic E-state index is 0.240. The summed E-state index contributed by atoms with van der Waals surface area (Å²) in [7, 11) is 4.29. The Labute approximate surface area is 160 Å². The number of aromatic nitrogens is 2. The Morgan fingerprint density at radius 1 is 1.11 bits per heavy atom. The van der Waals surface area contributed by atoms with Crippen LogP contribution in [-0.2, 0) is 0 Å². The van der Waals surface area contributed by atoms with E-state index >= 15 is 0 Å². The number of phenols is 1. The molecule has 0 unspecified atom stereocenters. The van der Waals surface area contributed by atoms with Crippen molar-refractivity contribution in [3.8, 4) is 17.0 Å². The van der Waals surface area contributed by atoms with Crippen molar-refractivity contribution in [1.82, 2.24) is 15.1 Å². The van der Waals surface area contributed by atoms with Gasteiger partial charge in [-0.2, -0.15) is 0 Å². The van der Waals surface area contributed by atoms with Gasteiger partial charge in [-0.3, -0.25) is 0 Å². The molecule has 3 aromatic rings. The molecule has 1 aromatic heterocycles. The predicted octanol–water partition coefficient (Wildman–Crippen LogP) is 3.84. The number of aromatic hydroxyl groups is 1. The molecule has 0 bridgehead atoms. The zero-order chi connectivity index (χ0) is 19.0. The van der Waals surface area contributed by atoms with Crippen molar-refractivity contribution in [1.29, 1.82) is 0 Å². The molecule has 1 aliphatic rings. The normalized spacial score (nSPS) is 18.0. The number of anilines is 1. The fourth-order valence-corrected chi connectivity index (χ4v) is 4.02. The molecule has 2 aromatic carbocycles. The lowest BCUT2D eigenvalue weighted by atomic mass is 10.0. The van der Waals surface area contributed by atoms with E-state index < -0.39 is 0 Å². The predicted molar refractivity (Wildman–Crippen MR) is 110 cm³/mol. The van der Waals surface area contributed by atoms with Crippen molar-refractivity contribution in [3.05, 3.63) is 48.0 Å². The molecule has 0 aliphatic carbocycles. The van der Waals surface area contributed by atoms with Crippen molar-refractivity contribution in [2.45, 2.75) is 25.8 Å². The molecule has 0 spiro atoms. The van der Waals surface area contributed by atoms with E-state index in [1.165, 1.54) is 6.42 Å². The number of rotatable bonds is 3. The minimum Gasteiger partial charge on any atom is -0.507 e. The maximum atomic E-state index is 10.4. The SMILES string of the molecule is Cc1ccc(-c2nnc(N(C)[C@@H]3CCCN(C)C3)c3ccccc23)c(O)c1. The molecule has 1 atom stereocenters. The molecule has 0 amide bonds. The highest BCUT2D eigenvalue weighted by Gasteiger charge is 2.24. The van der Waals surface area contributed by atoms with E-state index in [1.54, 1.807) is 6.07 Å². The summed E-state index contributed by atoms with van der Waals surface area (Å²) in [5.41, 5.74) is 2.46. The monoisotopic (exact) mass is 362 g/mol. The molecule has 0 radical (unpaired) electrons. The van der Waals surface area contributed by atoms with Crippen molar-refractivity contribution >= 4 is 16.6 Å². The third-order valence-corrected chi connectivity index (χ3v) is 5.56. The third-order valence-electron chi connectivity index (χ3n) is 5.56. The summed E-state index contributed by atoms with van der Waals surface area (Å²) >= 11 is 0. The molecule has 1 fully saturated rings. The molecule has 5 heteroatoms. The van der Waals surface area contributed by atoms with Gasteiger partial charge in [0.1, 0.15) is 11.4 Å². The lowest BCUT2D eigenvalue weighted by molar-refractivity contribution is 0.247. The zero-order valence-electron chi connectivity index (χ0n) is 16.2. The van der Waals surface area contributed by atoms with E-state index in [-0.39, 0.29) is 5.75 Å². The van der Waals surface area contributed by atoms with E-state index in [4.69, 9.17) is 0 Å². The largest absolute Gasteiger partial charge is 0.507 e. The molecule has 140 valence electrons. The van der Waals surface area contributed by atoms with Crippen LogP contribution in [0, 0.1) is 6.92 Å². The summed E-state index contributed by atoms with van der Waals surface area (Å²) in [5.74, 6) is 1.14. The minimum atomic E-state index is 0.240. The van der Waals surface area contributed by atoms with Gasteiger partial charge in [0, 0.05) is 36.0 Å². The van der Waals surface area contributed by atoms with Gasteiger partial charge in [0.05, 0.1) is 0 Å². The van der Waals surface area contributed by atoms with Crippen molar-refractivity contribution < 1.29 is 5.11 Å². The zero-order valence-corrected chi connectivity index (χ0v) is 16.2. The van der Waals surface area contributed by atoms with Crippen molar-refractivity contribution in [2.75, 3.05) is 32.1 Å². The number of likely N-dealkylation sites (N-methyl/N-ethyl adjacent to an activating group) is 2. The van der Waals surface area contributed by atoms with Gasteiger partial charge < -0.3 is 14.9 Å². The summed E-state index contributed by atoms with van der Waals surface area (Å²) in [5, 5.41) is 21.6. The average molecular weight is 362 g/mol. The van der Waals surface area contributed by atoms with Gasteiger partial charge in [-0.15, -0.1) is 10.2 Å². The first-order valence-corrected chi connectivity index (χ1v) is 9.51. The van der Waals surface area contributed by atoms with Gasteiger partial charge in [0.2, 0.25) is 0 Å². The Bertz CT molecular complexity index is 972. The van der Waals surface area contributed by atoms with Crippen LogP contribution in [0.4, 0.5) is 5.82 Å². The van der Waals surface area contributed by atoms with Crippen LogP contribution in [0.5, 0.6) is 5.75 Å². The Morgan fingerprint density at radius 2 is 1.89 bits per heavy atom. The highest BCUT2D eigenvalue weighted by Crippen LogP contribution is 2.36. The number of aryl methyl sites for hydroxylation is 1. The maximum absolute atomic E-state index is 10.4. The first kappa shape index (κ1) is 17.7. The number of hydrogen-bond donors (Lipinski definition) is 1. The number of likely N-dealkylation sites (tertiary alicyclic amines) is 1. The van der Waals surface area contributed by atoms with Gasteiger partial charge >= 0.3 is 0 Å². The maximum Gasteiger partial charge on any atom is 0.159 e. The third kappa shape index (κ3) is 3.35. The molecule has 5 nitrogen and oxygen atoms in total. The molecular weight excluding hydrogens is 336 g/mol. The van der Waals surface area contributed by atoms with Crippen molar-refractivity contribution in [3.63, 3.8) is 0 Å². The number of nitrogens with zero attached hydrogens (tertiary/aromatic N) is 4. The molecule has 27 heavy (non-hydrogen) atoms. The number of piperidine rings is 1. The Kier molecular flexibility index (Phi) is 4.70. The van der Waals surface area contributed by atoms with Crippen LogP contribution in [0.3, 0.4) is 0 Å². The molecule has 2 heterocycles. The fraction of sp³-hybridized carbons (Fsp3) is 0.364. The number of fused-ring (bicyclic) bond motifs is 1. The lowest BCUT2D eigenvalue weighted by Gasteiger charge is -2.36. The van der Waals surface area contributed by atoms with Gasteiger partial charge in [0.15, 0.2) is 5.82 Å². The van der Waals surface area contributed by atoms with Gasteiger partial charge in [-0.25, -0.2) is 0 Å². The van der Waals surface area contributed by atoms with E-state index in [0.29, 0.717) is 6.04 Å². The Hall–Kier alpha value is -2.66. The van der Waals surface area contributed by atoms with Crippen molar-refractivity contribution in [2.24, 2.45) is 0 Å². The second-order valence-corrected chi connectivity index (χ2v) is 7.61. The molecular formula is C22H26N4O. The van der Waals surface area contributed by atoms with Crippen LogP contribution >= 0.6 is 0 Å². The van der Waals surface area contributed by atoms with Gasteiger partial charge in [-0.1, -0.05) is 30.3 Å². The number of hydrogen-bond acceptors (Lipinski definition) is 5.